The first-order chi connectivity index (χ1) is 11.9. The number of pyridine rings is 1. The van der Waals surface area contributed by atoms with Crippen LogP contribution in [0.2, 0.25) is 0 Å². The molecule has 1 N–H and O–H groups in total. The van der Waals surface area contributed by atoms with Gasteiger partial charge in [0, 0.05) is 36.8 Å². The van der Waals surface area contributed by atoms with Crippen LogP contribution >= 0.6 is 15.9 Å². The quantitative estimate of drug-likeness (QED) is 0.825. The van der Waals surface area contributed by atoms with Crippen LogP contribution in [-0.2, 0) is 0 Å². The normalized spacial score (nSPS) is 17.3. The third-order valence-electron chi connectivity index (χ3n) is 3.98. The molecule has 4 nitrogen and oxygen atoms in total. The first kappa shape index (κ1) is 18.2. The predicted octanol–water partition coefficient (Wildman–Crippen LogP) is 3.74. The Balaban J connectivity index is 1.89. The Bertz CT molecular complexity index is 686. The predicted molar refractivity (Wildman–Crippen MR) is 91.3 cm³/mol. The highest BCUT2D eigenvalue weighted by Crippen LogP contribution is 2.31. The van der Waals surface area contributed by atoms with Crippen molar-refractivity contribution < 1.29 is 17.9 Å². The molecule has 8 heteroatoms. The van der Waals surface area contributed by atoms with Gasteiger partial charge in [-0.1, -0.05) is 12.1 Å². The molecule has 0 amide bonds. The van der Waals surface area contributed by atoms with Crippen LogP contribution in [0.1, 0.15) is 17.3 Å². The van der Waals surface area contributed by atoms with E-state index in [0.717, 1.165) is 41.9 Å². The van der Waals surface area contributed by atoms with Crippen LogP contribution < -0.4 is 10.1 Å². The van der Waals surface area contributed by atoms with E-state index in [-0.39, 0.29) is 11.8 Å². The molecule has 0 bridgehead atoms. The molecular weight excluding hydrogens is 399 g/mol. The van der Waals surface area contributed by atoms with Crippen molar-refractivity contribution in [2.45, 2.75) is 12.4 Å². The summed E-state index contributed by atoms with van der Waals surface area (Å²) in [5.74, 6) is -0.223. The summed E-state index contributed by atoms with van der Waals surface area (Å²) in [6, 6.07) is 9.74. The van der Waals surface area contributed by atoms with Gasteiger partial charge in [-0.15, -0.1) is 13.2 Å². The number of ether oxygens (including phenoxy) is 1. The van der Waals surface area contributed by atoms with Gasteiger partial charge in [0.2, 0.25) is 0 Å². The van der Waals surface area contributed by atoms with Crippen LogP contribution in [0.25, 0.3) is 0 Å². The van der Waals surface area contributed by atoms with E-state index < -0.39 is 6.36 Å². The lowest BCUT2D eigenvalue weighted by atomic mass is 10.0. The minimum atomic E-state index is -4.69. The second-order valence-electron chi connectivity index (χ2n) is 5.71. The van der Waals surface area contributed by atoms with Crippen molar-refractivity contribution in [3.63, 3.8) is 0 Å². The lowest BCUT2D eigenvalue weighted by Crippen LogP contribution is -2.45. The van der Waals surface area contributed by atoms with Gasteiger partial charge >= 0.3 is 6.36 Å². The zero-order chi connectivity index (χ0) is 17.9. The highest BCUT2D eigenvalue weighted by atomic mass is 79.9. The largest absolute Gasteiger partial charge is 0.573 e. The fraction of sp³-hybridized carbons (Fsp3) is 0.353. The number of rotatable bonds is 4. The van der Waals surface area contributed by atoms with Crippen LogP contribution in [0, 0.1) is 0 Å². The monoisotopic (exact) mass is 415 g/mol. The number of alkyl halides is 3. The molecule has 0 spiro atoms. The van der Waals surface area contributed by atoms with Gasteiger partial charge in [0.05, 0.1) is 11.7 Å². The smallest absolute Gasteiger partial charge is 0.406 e. The molecule has 1 atom stereocenters. The number of halogens is 4. The standard InChI is InChI=1S/C17H17BrF3N3O/c18-13-3-6-15(23-11-13)16(24-9-7-22-8-10-24)12-1-4-14(5-2-12)25-17(19,20)21/h1-6,11,16,22H,7-10H2/t16-/m0/s1. The van der Waals surface area contributed by atoms with Crippen molar-refractivity contribution in [3.05, 3.63) is 58.3 Å². The zero-order valence-electron chi connectivity index (χ0n) is 13.3. The Morgan fingerprint density at radius 2 is 1.76 bits per heavy atom. The Morgan fingerprint density at radius 3 is 2.32 bits per heavy atom. The Kier molecular flexibility index (Phi) is 5.61. The van der Waals surface area contributed by atoms with E-state index in [1.165, 1.54) is 12.1 Å². The Morgan fingerprint density at radius 1 is 1.08 bits per heavy atom. The van der Waals surface area contributed by atoms with Crippen molar-refractivity contribution in [2.75, 3.05) is 26.2 Å². The fourth-order valence-electron chi connectivity index (χ4n) is 2.91. The number of benzene rings is 1. The molecule has 1 aliphatic rings. The van der Waals surface area contributed by atoms with E-state index in [4.69, 9.17) is 0 Å². The third kappa shape index (κ3) is 4.93. The summed E-state index contributed by atoms with van der Waals surface area (Å²) in [6.07, 6.45) is -2.96. The highest BCUT2D eigenvalue weighted by Gasteiger charge is 2.31. The Hall–Kier alpha value is -1.64. The lowest BCUT2D eigenvalue weighted by Gasteiger charge is -2.35. The molecule has 134 valence electrons. The summed E-state index contributed by atoms with van der Waals surface area (Å²) in [5.41, 5.74) is 1.74. The maximum absolute atomic E-state index is 12.3. The second-order valence-corrected chi connectivity index (χ2v) is 6.62. The summed E-state index contributed by atoms with van der Waals surface area (Å²) in [7, 11) is 0. The molecule has 0 aliphatic carbocycles. The minimum Gasteiger partial charge on any atom is -0.406 e. The number of aromatic nitrogens is 1. The first-order valence-corrected chi connectivity index (χ1v) is 8.63. The number of hydrogen-bond donors (Lipinski definition) is 1. The van der Waals surface area contributed by atoms with Crippen LogP contribution in [0.15, 0.2) is 47.1 Å². The molecule has 1 aromatic heterocycles. The lowest BCUT2D eigenvalue weighted by molar-refractivity contribution is -0.274. The summed E-state index contributed by atoms with van der Waals surface area (Å²) in [4.78, 5) is 6.76. The van der Waals surface area contributed by atoms with E-state index in [9.17, 15) is 13.2 Å². The van der Waals surface area contributed by atoms with E-state index in [1.54, 1.807) is 18.3 Å². The molecular formula is C17H17BrF3N3O. The van der Waals surface area contributed by atoms with Gasteiger partial charge in [0.1, 0.15) is 5.75 Å². The van der Waals surface area contributed by atoms with E-state index in [1.807, 2.05) is 12.1 Å². The molecule has 3 rings (SSSR count). The van der Waals surface area contributed by atoms with Gasteiger partial charge < -0.3 is 10.1 Å². The molecule has 25 heavy (non-hydrogen) atoms. The number of hydrogen-bond acceptors (Lipinski definition) is 4. The van der Waals surface area contributed by atoms with E-state index in [0.29, 0.717) is 0 Å². The van der Waals surface area contributed by atoms with Gasteiger partial charge in [-0.05, 0) is 45.8 Å². The second kappa shape index (κ2) is 7.72. The SMILES string of the molecule is FC(F)(F)Oc1ccc([C@@H](c2ccc(Br)cn2)N2CCNCC2)cc1. The molecule has 1 aromatic carbocycles. The van der Waals surface area contributed by atoms with Crippen LogP contribution in [0.3, 0.4) is 0 Å². The van der Waals surface area contributed by atoms with Gasteiger partial charge in [-0.3, -0.25) is 9.88 Å². The van der Waals surface area contributed by atoms with Gasteiger partial charge in [0.25, 0.3) is 0 Å². The summed E-state index contributed by atoms with van der Waals surface area (Å²) >= 11 is 3.38. The molecule has 1 fully saturated rings. The van der Waals surface area contributed by atoms with Gasteiger partial charge in [0.15, 0.2) is 0 Å². The molecule has 2 heterocycles. The number of piperazine rings is 1. The minimum absolute atomic E-state index is 0.116. The topological polar surface area (TPSA) is 37.4 Å². The van der Waals surface area contributed by atoms with Crippen molar-refractivity contribution >= 4 is 15.9 Å². The molecule has 1 saturated heterocycles. The maximum Gasteiger partial charge on any atom is 0.573 e. The van der Waals surface area contributed by atoms with Crippen molar-refractivity contribution in [1.29, 1.82) is 0 Å². The van der Waals surface area contributed by atoms with Crippen molar-refractivity contribution in [2.24, 2.45) is 0 Å². The fourth-order valence-corrected chi connectivity index (χ4v) is 3.14. The molecule has 1 aliphatic heterocycles. The average Bonchev–Trinajstić information content (AvgIpc) is 2.58. The summed E-state index contributed by atoms with van der Waals surface area (Å²) < 4.78 is 41.9. The van der Waals surface area contributed by atoms with Crippen LogP contribution in [0.5, 0.6) is 5.75 Å². The summed E-state index contributed by atoms with van der Waals surface area (Å²) in [6.45, 7) is 3.40. The number of nitrogens with one attached hydrogen (secondary N) is 1. The Labute approximate surface area is 152 Å². The molecule has 0 saturated carbocycles. The van der Waals surface area contributed by atoms with Gasteiger partial charge in [-0.25, -0.2) is 0 Å². The van der Waals surface area contributed by atoms with Crippen LogP contribution in [0.4, 0.5) is 13.2 Å². The number of nitrogens with zero attached hydrogens (tertiary/aromatic N) is 2. The van der Waals surface area contributed by atoms with E-state index >= 15 is 0 Å². The molecule has 2 aromatic rings. The third-order valence-corrected chi connectivity index (χ3v) is 4.45. The van der Waals surface area contributed by atoms with Crippen LogP contribution in [-0.4, -0.2) is 42.4 Å². The van der Waals surface area contributed by atoms with Crippen molar-refractivity contribution in [3.8, 4) is 5.75 Å². The maximum atomic E-state index is 12.3. The average molecular weight is 416 g/mol. The molecule has 0 radical (unpaired) electrons. The first-order valence-electron chi connectivity index (χ1n) is 7.84. The molecule has 0 unspecified atom stereocenters. The highest BCUT2D eigenvalue weighted by molar-refractivity contribution is 9.10. The van der Waals surface area contributed by atoms with Crippen molar-refractivity contribution in [1.82, 2.24) is 15.2 Å². The van der Waals surface area contributed by atoms with E-state index in [2.05, 4.69) is 35.9 Å². The zero-order valence-corrected chi connectivity index (χ0v) is 14.8. The van der Waals surface area contributed by atoms with Gasteiger partial charge in [-0.2, -0.15) is 0 Å². The summed E-state index contributed by atoms with van der Waals surface area (Å²) in [5, 5.41) is 3.30.